The molecule has 0 saturated carbocycles. The van der Waals surface area contributed by atoms with Crippen LogP contribution in [0.4, 0.5) is 5.69 Å². The first-order valence-corrected chi connectivity index (χ1v) is 7.02. The molecule has 0 aliphatic carbocycles. The van der Waals surface area contributed by atoms with Gasteiger partial charge in [0.05, 0.1) is 5.02 Å². The molecule has 1 atom stereocenters. The van der Waals surface area contributed by atoms with Crippen LogP contribution in [0.2, 0.25) is 5.02 Å². The van der Waals surface area contributed by atoms with Gasteiger partial charge >= 0.3 is 0 Å². The third-order valence-corrected chi connectivity index (χ3v) is 3.76. The number of rotatable bonds is 5. The Labute approximate surface area is 125 Å². The average molecular weight is 290 g/mol. The topological polar surface area (TPSA) is 28.2 Å². The summed E-state index contributed by atoms with van der Waals surface area (Å²) in [4.78, 5) is 6.14. The number of halogens is 1. The maximum atomic E-state index is 6.20. The predicted octanol–water partition coefficient (Wildman–Crippen LogP) is 3.30. The molecule has 2 aromatic rings. The number of nitrogens with one attached hydrogen (secondary N) is 1. The summed E-state index contributed by atoms with van der Waals surface area (Å²) in [5, 5.41) is 4.08. The highest BCUT2D eigenvalue weighted by Crippen LogP contribution is 2.25. The Balaban J connectivity index is 2.24. The number of nitrogens with zero attached hydrogens (tertiary/aromatic N) is 2. The van der Waals surface area contributed by atoms with Crippen LogP contribution in [0.3, 0.4) is 0 Å². The van der Waals surface area contributed by atoms with Gasteiger partial charge in [-0.15, -0.1) is 0 Å². The minimum atomic E-state index is 0.231. The van der Waals surface area contributed by atoms with E-state index in [1.807, 2.05) is 27.2 Å². The fourth-order valence-electron chi connectivity index (χ4n) is 2.20. The first-order chi connectivity index (χ1) is 9.61. The van der Waals surface area contributed by atoms with E-state index in [1.165, 1.54) is 11.3 Å². The summed E-state index contributed by atoms with van der Waals surface area (Å²) in [6.07, 6.45) is 4.32. The van der Waals surface area contributed by atoms with Gasteiger partial charge in [-0.05, 0) is 42.8 Å². The van der Waals surface area contributed by atoms with Gasteiger partial charge in [0.15, 0.2) is 0 Å². The van der Waals surface area contributed by atoms with Gasteiger partial charge in [-0.2, -0.15) is 0 Å². The van der Waals surface area contributed by atoms with E-state index in [4.69, 9.17) is 11.6 Å². The Morgan fingerprint density at radius 2 is 2.10 bits per heavy atom. The largest absolute Gasteiger partial charge is 0.378 e. The van der Waals surface area contributed by atoms with Crippen molar-refractivity contribution in [3.63, 3.8) is 0 Å². The van der Waals surface area contributed by atoms with Gasteiger partial charge in [0, 0.05) is 38.2 Å². The molecule has 3 nitrogen and oxygen atoms in total. The molecule has 106 valence electrons. The fourth-order valence-corrected chi connectivity index (χ4v) is 2.39. The van der Waals surface area contributed by atoms with E-state index in [0.717, 1.165) is 17.0 Å². The normalized spacial score (nSPS) is 12.2. The van der Waals surface area contributed by atoms with Crippen LogP contribution in [-0.2, 0) is 6.42 Å². The van der Waals surface area contributed by atoms with Crippen molar-refractivity contribution in [2.45, 2.75) is 12.5 Å². The van der Waals surface area contributed by atoms with Crippen molar-refractivity contribution in [2.24, 2.45) is 0 Å². The van der Waals surface area contributed by atoms with E-state index in [0.29, 0.717) is 0 Å². The van der Waals surface area contributed by atoms with Gasteiger partial charge in [-0.3, -0.25) is 4.98 Å². The Kier molecular flexibility index (Phi) is 4.99. The fraction of sp³-hybridized carbons (Fsp3) is 0.312. The van der Waals surface area contributed by atoms with Crippen molar-refractivity contribution < 1.29 is 0 Å². The number of pyridine rings is 1. The van der Waals surface area contributed by atoms with Gasteiger partial charge < -0.3 is 10.2 Å². The molecule has 0 aliphatic heterocycles. The summed E-state index contributed by atoms with van der Waals surface area (Å²) >= 11 is 6.20. The lowest BCUT2D eigenvalue weighted by atomic mass is 9.99. The molecule has 0 saturated heterocycles. The van der Waals surface area contributed by atoms with Gasteiger partial charge in [-0.1, -0.05) is 23.7 Å². The van der Waals surface area contributed by atoms with Crippen molar-refractivity contribution in [1.82, 2.24) is 10.3 Å². The molecule has 0 amide bonds. The van der Waals surface area contributed by atoms with Crippen LogP contribution in [0.25, 0.3) is 0 Å². The van der Waals surface area contributed by atoms with Crippen molar-refractivity contribution in [3.05, 3.63) is 58.9 Å². The summed E-state index contributed by atoms with van der Waals surface area (Å²) < 4.78 is 0. The second-order valence-corrected chi connectivity index (χ2v) is 5.41. The predicted molar refractivity (Wildman–Crippen MR) is 85.5 cm³/mol. The van der Waals surface area contributed by atoms with Crippen LogP contribution in [0.15, 0.2) is 42.7 Å². The maximum Gasteiger partial charge on any atom is 0.0622 e. The van der Waals surface area contributed by atoms with E-state index in [1.54, 1.807) is 12.4 Å². The molecule has 1 heterocycles. The monoisotopic (exact) mass is 289 g/mol. The molecule has 0 fully saturated rings. The molecule has 0 radical (unpaired) electrons. The quantitative estimate of drug-likeness (QED) is 0.915. The lowest BCUT2D eigenvalue weighted by molar-refractivity contribution is 0.592. The molecule has 0 aliphatic rings. The zero-order chi connectivity index (χ0) is 14.5. The summed E-state index contributed by atoms with van der Waals surface area (Å²) in [6.45, 7) is 0. The SMILES string of the molecule is CNC(Cc1ccncc1Cl)c1cccc(N(C)C)c1. The Hall–Kier alpha value is -1.58. The van der Waals surface area contributed by atoms with Crippen LogP contribution in [-0.4, -0.2) is 26.1 Å². The van der Waals surface area contributed by atoms with E-state index >= 15 is 0 Å². The van der Waals surface area contributed by atoms with Gasteiger partial charge in [0.25, 0.3) is 0 Å². The Morgan fingerprint density at radius 3 is 2.75 bits per heavy atom. The van der Waals surface area contributed by atoms with Crippen molar-refractivity contribution in [3.8, 4) is 0 Å². The molecule has 1 N–H and O–H groups in total. The highest BCUT2D eigenvalue weighted by atomic mass is 35.5. The van der Waals surface area contributed by atoms with Crippen LogP contribution in [0, 0.1) is 0 Å². The highest BCUT2D eigenvalue weighted by Gasteiger charge is 2.13. The standard InChI is InChI=1S/C16H20ClN3/c1-18-16(10-12-7-8-19-11-15(12)17)13-5-4-6-14(9-13)20(2)3/h4-9,11,16,18H,10H2,1-3H3. The molecule has 20 heavy (non-hydrogen) atoms. The molecule has 1 aromatic heterocycles. The summed E-state index contributed by atoms with van der Waals surface area (Å²) in [6, 6.07) is 10.7. The maximum absolute atomic E-state index is 6.20. The summed E-state index contributed by atoms with van der Waals surface area (Å²) in [7, 11) is 6.07. The minimum absolute atomic E-state index is 0.231. The zero-order valence-electron chi connectivity index (χ0n) is 12.1. The third-order valence-electron chi connectivity index (χ3n) is 3.42. The van der Waals surface area contributed by atoms with Crippen LogP contribution in [0.1, 0.15) is 17.2 Å². The number of hydrogen-bond donors (Lipinski definition) is 1. The average Bonchev–Trinajstić information content (AvgIpc) is 2.46. The first-order valence-electron chi connectivity index (χ1n) is 6.64. The van der Waals surface area contributed by atoms with E-state index in [9.17, 15) is 0 Å². The molecule has 4 heteroatoms. The molecule has 0 bridgehead atoms. The minimum Gasteiger partial charge on any atom is -0.378 e. The third kappa shape index (κ3) is 3.50. The molecular formula is C16H20ClN3. The number of likely N-dealkylation sites (N-methyl/N-ethyl adjacent to an activating group) is 1. The Morgan fingerprint density at radius 1 is 1.30 bits per heavy atom. The first kappa shape index (κ1) is 14.8. The van der Waals surface area contributed by atoms with Crippen LogP contribution < -0.4 is 10.2 Å². The number of aromatic nitrogens is 1. The zero-order valence-corrected chi connectivity index (χ0v) is 12.9. The van der Waals surface area contributed by atoms with E-state index in [2.05, 4.69) is 39.5 Å². The number of benzene rings is 1. The smallest absolute Gasteiger partial charge is 0.0622 e. The Bertz CT molecular complexity index is 569. The van der Waals surface area contributed by atoms with Gasteiger partial charge in [0.1, 0.15) is 0 Å². The van der Waals surface area contributed by atoms with Crippen molar-refractivity contribution >= 4 is 17.3 Å². The molecule has 2 rings (SSSR count). The van der Waals surface area contributed by atoms with E-state index in [-0.39, 0.29) is 6.04 Å². The highest BCUT2D eigenvalue weighted by molar-refractivity contribution is 6.31. The molecule has 1 aromatic carbocycles. The number of hydrogen-bond acceptors (Lipinski definition) is 3. The van der Waals surface area contributed by atoms with Crippen LogP contribution in [0.5, 0.6) is 0 Å². The van der Waals surface area contributed by atoms with Crippen molar-refractivity contribution in [2.75, 3.05) is 26.0 Å². The second kappa shape index (κ2) is 6.73. The van der Waals surface area contributed by atoms with Crippen LogP contribution >= 0.6 is 11.6 Å². The molecule has 1 unspecified atom stereocenters. The molecular weight excluding hydrogens is 270 g/mol. The van der Waals surface area contributed by atoms with E-state index < -0.39 is 0 Å². The summed E-state index contributed by atoms with van der Waals surface area (Å²) in [5.74, 6) is 0. The second-order valence-electron chi connectivity index (χ2n) is 5.00. The molecule has 0 spiro atoms. The van der Waals surface area contributed by atoms with Gasteiger partial charge in [-0.25, -0.2) is 0 Å². The lowest BCUT2D eigenvalue weighted by Gasteiger charge is -2.20. The van der Waals surface area contributed by atoms with Crippen molar-refractivity contribution in [1.29, 1.82) is 0 Å². The number of anilines is 1. The summed E-state index contributed by atoms with van der Waals surface area (Å²) in [5.41, 5.74) is 3.56. The lowest BCUT2D eigenvalue weighted by Crippen LogP contribution is -2.19. The van der Waals surface area contributed by atoms with Gasteiger partial charge in [0.2, 0.25) is 0 Å².